The highest BCUT2D eigenvalue weighted by Crippen LogP contribution is 2.32. The molecule has 6 rings (SSSR count). The first kappa shape index (κ1) is 25.4. The number of para-hydroxylation sites is 1. The molecule has 1 unspecified atom stereocenters. The van der Waals surface area contributed by atoms with Crippen molar-refractivity contribution in [2.75, 3.05) is 32.8 Å². The molecule has 2 aromatic rings. The Balaban J connectivity index is 1.63. The number of nitrogens with zero attached hydrogens (tertiary/aromatic N) is 2. The van der Waals surface area contributed by atoms with E-state index < -0.39 is 0 Å². The minimum absolute atomic E-state index is 0.0247. The number of fused-ring (bicyclic) bond motifs is 7. The largest absolute Gasteiger partial charge is 0.491 e. The van der Waals surface area contributed by atoms with Crippen LogP contribution in [0.25, 0.3) is 11.1 Å². The maximum absolute atomic E-state index is 14.5. The number of nitrogens with one attached hydrogen (secondary N) is 1. The number of piperidine rings is 1. The fourth-order valence-electron chi connectivity index (χ4n) is 5.41. The lowest BCUT2D eigenvalue weighted by Gasteiger charge is -2.37. The van der Waals surface area contributed by atoms with Crippen LogP contribution in [0.1, 0.15) is 42.4 Å². The highest BCUT2D eigenvalue weighted by molar-refractivity contribution is 6.11. The fraction of sp³-hybridized carbons (Fsp3) is 0.387. The van der Waals surface area contributed by atoms with Crippen molar-refractivity contribution in [1.82, 2.24) is 10.2 Å². The van der Waals surface area contributed by atoms with Crippen LogP contribution < -0.4 is 15.8 Å². The predicted molar refractivity (Wildman–Crippen MR) is 150 cm³/mol. The van der Waals surface area contributed by atoms with Gasteiger partial charge in [-0.15, -0.1) is 0 Å². The Bertz CT molecular complexity index is 1200. The summed E-state index contributed by atoms with van der Waals surface area (Å²) in [5.41, 5.74) is 12.5. The second kappa shape index (κ2) is 11.9. The van der Waals surface area contributed by atoms with Crippen molar-refractivity contribution in [2.24, 2.45) is 10.7 Å². The molecular formula is C31H37FN4O. The molecule has 0 amide bonds. The smallest absolute Gasteiger partial charge is 0.127 e. The SMILES string of the molecule is Cc1cc(F)cc(/C2=C3/C/C=C(\C=C/CN=C2)c2ccccc2OCC(N)CCNC2CCN3CC2)c1. The number of hydrogen-bond acceptors (Lipinski definition) is 5. The van der Waals surface area contributed by atoms with E-state index in [1.807, 2.05) is 31.3 Å². The number of aryl methyl sites for hydroxylation is 1. The lowest BCUT2D eigenvalue weighted by atomic mass is 9.95. The van der Waals surface area contributed by atoms with Crippen LogP contribution in [0.4, 0.5) is 4.39 Å². The summed E-state index contributed by atoms with van der Waals surface area (Å²) in [5, 5.41) is 3.70. The molecule has 1 saturated heterocycles. The van der Waals surface area contributed by atoms with E-state index in [0.717, 1.165) is 72.5 Å². The third-order valence-corrected chi connectivity index (χ3v) is 7.38. The van der Waals surface area contributed by atoms with Gasteiger partial charge in [-0.25, -0.2) is 4.39 Å². The summed E-state index contributed by atoms with van der Waals surface area (Å²) in [4.78, 5) is 7.21. The van der Waals surface area contributed by atoms with Gasteiger partial charge in [0, 0.05) is 54.6 Å². The van der Waals surface area contributed by atoms with Gasteiger partial charge in [0.15, 0.2) is 0 Å². The first-order valence-electron chi connectivity index (χ1n) is 13.4. The number of nitrogens with two attached hydrogens (primary N) is 1. The number of halogens is 1. The third kappa shape index (κ3) is 6.38. The van der Waals surface area contributed by atoms with Crippen molar-refractivity contribution in [3.63, 3.8) is 0 Å². The van der Waals surface area contributed by atoms with Gasteiger partial charge in [0.2, 0.25) is 0 Å². The summed E-state index contributed by atoms with van der Waals surface area (Å²) in [5.74, 6) is 0.618. The molecule has 0 aromatic heterocycles. The first-order chi connectivity index (χ1) is 18.1. The Morgan fingerprint density at radius 3 is 2.78 bits per heavy atom. The molecule has 4 heterocycles. The lowest BCUT2D eigenvalue weighted by molar-refractivity contribution is 0.235. The van der Waals surface area contributed by atoms with Crippen LogP contribution in [-0.2, 0) is 0 Å². The van der Waals surface area contributed by atoms with Gasteiger partial charge < -0.3 is 20.7 Å². The molecule has 0 radical (unpaired) electrons. The number of hydrogen-bond donors (Lipinski definition) is 2. The summed E-state index contributed by atoms with van der Waals surface area (Å²) < 4.78 is 20.7. The highest BCUT2D eigenvalue weighted by atomic mass is 19.1. The van der Waals surface area contributed by atoms with Gasteiger partial charge in [0.05, 0.1) is 6.54 Å². The van der Waals surface area contributed by atoms with Gasteiger partial charge in [-0.2, -0.15) is 0 Å². The Hall–Kier alpha value is -3.22. The molecule has 0 saturated carbocycles. The number of ether oxygens (including phenoxy) is 1. The molecule has 0 aliphatic carbocycles. The maximum Gasteiger partial charge on any atom is 0.127 e. The van der Waals surface area contributed by atoms with Crippen LogP contribution in [0.5, 0.6) is 5.75 Å². The number of rotatable bonds is 1. The number of aliphatic imine (C=N–C) groups is 1. The standard InChI is InChI=1S/C31H37FN4O/c1-22-17-24(19-25(32)18-22)29-20-34-13-4-5-23-8-9-30(29)36-15-11-27(12-16-36)35-14-10-26(33)21-37-31-7-3-2-6-28(23)31/h2-8,17-20,26-27,35H,9-16,21,33H2,1H3/b5-4-,23-8+,30-29-,34-20?. The van der Waals surface area contributed by atoms with Crippen molar-refractivity contribution in [2.45, 2.75) is 44.7 Å². The van der Waals surface area contributed by atoms with Crippen molar-refractivity contribution in [3.8, 4) is 5.75 Å². The zero-order chi connectivity index (χ0) is 25.6. The predicted octanol–water partition coefficient (Wildman–Crippen LogP) is 5.12. The monoisotopic (exact) mass is 500 g/mol. The van der Waals surface area contributed by atoms with Crippen molar-refractivity contribution >= 4 is 17.4 Å². The topological polar surface area (TPSA) is 62.9 Å². The summed E-state index contributed by atoms with van der Waals surface area (Å²) in [6.07, 6.45) is 12.1. The van der Waals surface area contributed by atoms with E-state index in [1.165, 1.54) is 5.70 Å². The minimum Gasteiger partial charge on any atom is -0.491 e. The molecule has 0 spiro atoms. The molecule has 37 heavy (non-hydrogen) atoms. The minimum atomic E-state index is -0.217. The first-order valence-corrected chi connectivity index (χ1v) is 13.4. The molecule has 6 heteroatoms. The molecular weight excluding hydrogens is 463 g/mol. The van der Waals surface area contributed by atoms with Crippen LogP contribution in [0.3, 0.4) is 0 Å². The van der Waals surface area contributed by atoms with Crippen LogP contribution in [0.2, 0.25) is 0 Å². The van der Waals surface area contributed by atoms with Gasteiger partial charge in [0.25, 0.3) is 0 Å². The van der Waals surface area contributed by atoms with Gasteiger partial charge in [-0.1, -0.05) is 42.5 Å². The summed E-state index contributed by atoms with van der Waals surface area (Å²) >= 11 is 0. The lowest BCUT2D eigenvalue weighted by Crippen LogP contribution is -2.43. The molecule has 194 valence electrons. The average molecular weight is 501 g/mol. The molecule has 2 aromatic carbocycles. The number of allylic oxidation sites excluding steroid dienone is 4. The van der Waals surface area contributed by atoms with Gasteiger partial charge >= 0.3 is 0 Å². The average Bonchev–Trinajstić information content (AvgIpc) is 2.89. The maximum atomic E-state index is 14.5. The molecule has 4 aliphatic heterocycles. The van der Waals surface area contributed by atoms with Crippen molar-refractivity contribution < 1.29 is 9.13 Å². The van der Waals surface area contributed by atoms with E-state index in [4.69, 9.17) is 15.5 Å². The Kier molecular flexibility index (Phi) is 8.17. The van der Waals surface area contributed by atoms with Crippen LogP contribution in [0.15, 0.2) is 71.4 Å². The van der Waals surface area contributed by atoms with Crippen LogP contribution >= 0.6 is 0 Å². The second-order valence-corrected chi connectivity index (χ2v) is 10.2. The van der Waals surface area contributed by atoms with Gasteiger partial charge in [-0.05, 0) is 67.6 Å². The fourth-order valence-corrected chi connectivity index (χ4v) is 5.41. The summed E-state index contributed by atoms with van der Waals surface area (Å²) in [6, 6.07) is 13.9. The van der Waals surface area contributed by atoms with E-state index in [-0.39, 0.29) is 11.9 Å². The van der Waals surface area contributed by atoms with E-state index in [0.29, 0.717) is 25.6 Å². The van der Waals surface area contributed by atoms with Crippen molar-refractivity contribution in [3.05, 3.63) is 88.9 Å². The molecule has 5 nitrogen and oxygen atoms in total. The Morgan fingerprint density at radius 1 is 1.11 bits per heavy atom. The zero-order valence-corrected chi connectivity index (χ0v) is 21.6. The normalized spacial score (nSPS) is 27.2. The molecule has 1 atom stereocenters. The summed E-state index contributed by atoms with van der Waals surface area (Å²) in [6.45, 7) is 5.74. The second-order valence-electron chi connectivity index (χ2n) is 10.2. The number of benzene rings is 2. The summed E-state index contributed by atoms with van der Waals surface area (Å²) in [7, 11) is 0. The Morgan fingerprint density at radius 2 is 1.95 bits per heavy atom. The van der Waals surface area contributed by atoms with E-state index >= 15 is 0 Å². The molecule has 3 N–H and O–H groups in total. The third-order valence-electron chi connectivity index (χ3n) is 7.38. The van der Waals surface area contributed by atoms with Crippen molar-refractivity contribution in [1.29, 1.82) is 0 Å². The van der Waals surface area contributed by atoms with E-state index in [9.17, 15) is 4.39 Å². The van der Waals surface area contributed by atoms with Gasteiger partial charge in [-0.3, -0.25) is 4.99 Å². The van der Waals surface area contributed by atoms with E-state index in [2.05, 4.69) is 40.6 Å². The Labute approximate surface area is 219 Å². The molecule has 4 aliphatic rings. The van der Waals surface area contributed by atoms with E-state index in [1.54, 1.807) is 12.1 Å². The highest BCUT2D eigenvalue weighted by Gasteiger charge is 2.23. The van der Waals surface area contributed by atoms with Crippen LogP contribution in [-0.4, -0.2) is 56.0 Å². The quantitative estimate of drug-likeness (QED) is 0.570. The molecule has 1 fully saturated rings. The van der Waals surface area contributed by atoms with Gasteiger partial charge in [0.1, 0.15) is 18.2 Å². The van der Waals surface area contributed by atoms with Crippen LogP contribution in [0, 0.1) is 12.7 Å². The molecule has 4 bridgehead atoms. The zero-order valence-electron chi connectivity index (χ0n) is 21.6.